The van der Waals surface area contributed by atoms with E-state index in [0.29, 0.717) is 0 Å². The molecule has 0 aromatic heterocycles. The Labute approximate surface area is 102 Å². The average Bonchev–Trinajstić information content (AvgIpc) is 2.15. The predicted octanol–water partition coefficient (Wildman–Crippen LogP) is 3.40. The molecule has 1 aromatic rings. The van der Waals surface area contributed by atoms with Crippen LogP contribution in [0.25, 0.3) is 0 Å². The van der Waals surface area contributed by atoms with Gasteiger partial charge < -0.3 is 10.6 Å². The number of nitrogens with two attached hydrogens (primary N) is 1. The van der Waals surface area contributed by atoms with Crippen molar-refractivity contribution in [2.24, 2.45) is 11.8 Å². The lowest BCUT2D eigenvalue weighted by Gasteiger charge is -2.37. The van der Waals surface area contributed by atoms with Crippen molar-refractivity contribution < 1.29 is 0 Å². The lowest BCUT2D eigenvalue weighted by Crippen LogP contribution is -2.38. The molecule has 2 rings (SSSR count). The number of anilines is 2. The minimum absolute atomic E-state index is 0.729. The Morgan fingerprint density at radius 1 is 1.25 bits per heavy atom. The number of rotatable bonds is 1. The van der Waals surface area contributed by atoms with E-state index >= 15 is 0 Å². The summed E-state index contributed by atoms with van der Waals surface area (Å²) in [5.74, 6) is 1.47. The van der Waals surface area contributed by atoms with Gasteiger partial charge in [0.1, 0.15) is 0 Å². The van der Waals surface area contributed by atoms with E-state index in [9.17, 15) is 0 Å². The van der Waals surface area contributed by atoms with Gasteiger partial charge >= 0.3 is 0 Å². The standard InChI is InChI=1S/C13H19ClN2/c1-9-5-10(2)8-16(7-9)13-4-3-11(15)6-12(13)14/h3-4,6,9-10H,5,7-8,15H2,1-2H3/t9-,10-/m0/s1. The van der Waals surface area contributed by atoms with Crippen molar-refractivity contribution in [3.8, 4) is 0 Å². The van der Waals surface area contributed by atoms with Crippen molar-refractivity contribution in [2.75, 3.05) is 23.7 Å². The van der Waals surface area contributed by atoms with Crippen molar-refractivity contribution >= 4 is 23.0 Å². The van der Waals surface area contributed by atoms with Crippen molar-refractivity contribution in [3.63, 3.8) is 0 Å². The van der Waals surface area contributed by atoms with Crippen LogP contribution >= 0.6 is 11.6 Å². The maximum atomic E-state index is 6.24. The molecule has 1 aliphatic heterocycles. The van der Waals surface area contributed by atoms with Gasteiger partial charge in [0, 0.05) is 18.8 Å². The van der Waals surface area contributed by atoms with Crippen LogP contribution in [-0.2, 0) is 0 Å². The Morgan fingerprint density at radius 2 is 1.88 bits per heavy atom. The number of hydrogen-bond donors (Lipinski definition) is 1. The molecule has 3 heteroatoms. The highest BCUT2D eigenvalue weighted by atomic mass is 35.5. The molecule has 1 fully saturated rings. The van der Waals surface area contributed by atoms with Gasteiger partial charge in [-0.05, 0) is 36.5 Å². The predicted molar refractivity (Wildman–Crippen MR) is 71.0 cm³/mol. The molecular formula is C13H19ClN2. The van der Waals surface area contributed by atoms with Crippen molar-refractivity contribution in [2.45, 2.75) is 20.3 Å². The topological polar surface area (TPSA) is 29.3 Å². The first-order valence-corrected chi connectivity index (χ1v) is 6.24. The van der Waals surface area contributed by atoms with Gasteiger partial charge in [-0.3, -0.25) is 0 Å². The highest BCUT2D eigenvalue weighted by molar-refractivity contribution is 6.33. The molecule has 0 saturated carbocycles. The van der Waals surface area contributed by atoms with Gasteiger partial charge in [0.25, 0.3) is 0 Å². The molecule has 0 spiro atoms. The summed E-state index contributed by atoms with van der Waals surface area (Å²) in [6, 6.07) is 5.79. The quantitative estimate of drug-likeness (QED) is 0.760. The summed E-state index contributed by atoms with van der Waals surface area (Å²) < 4.78 is 0. The minimum atomic E-state index is 0.729. The van der Waals surface area contributed by atoms with E-state index in [2.05, 4.69) is 18.7 Å². The van der Waals surface area contributed by atoms with Crippen molar-refractivity contribution in [3.05, 3.63) is 23.2 Å². The molecule has 2 N–H and O–H groups in total. The summed E-state index contributed by atoms with van der Waals surface area (Å²) in [6.45, 7) is 6.78. The molecule has 1 aromatic carbocycles. The lowest BCUT2D eigenvalue weighted by atomic mass is 9.91. The van der Waals surface area contributed by atoms with Crippen LogP contribution in [0.1, 0.15) is 20.3 Å². The molecule has 2 nitrogen and oxygen atoms in total. The fraction of sp³-hybridized carbons (Fsp3) is 0.538. The van der Waals surface area contributed by atoms with E-state index in [1.165, 1.54) is 6.42 Å². The first-order chi connectivity index (χ1) is 7.56. The van der Waals surface area contributed by atoms with Crippen LogP contribution < -0.4 is 10.6 Å². The second kappa shape index (κ2) is 4.54. The van der Waals surface area contributed by atoms with Crippen LogP contribution in [-0.4, -0.2) is 13.1 Å². The Balaban J connectivity index is 2.23. The Hall–Kier alpha value is -0.890. The molecule has 2 atom stereocenters. The van der Waals surface area contributed by atoms with Crippen LogP contribution in [0.15, 0.2) is 18.2 Å². The van der Waals surface area contributed by atoms with Gasteiger partial charge in [-0.25, -0.2) is 0 Å². The second-order valence-corrected chi connectivity index (χ2v) is 5.47. The highest BCUT2D eigenvalue weighted by Crippen LogP contribution is 2.32. The molecule has 0 aliphatic carbocycles. The lowest BCUT2D eigenvalue weighted by molar-refractivity contribution is 0.357. The van der Waals surface area contributed by atoms with Crippen LogP contribution in [0.2, 0.25) is 5.02 Å². The SMILES string of the molecule is C[C@H]1C[C@H](C)CN(c2ccc(N)cc2Cl)C1. The fourth-order valence-corrected chi connectivity index (χ4v) is 2.95. The summed E-state index contributed by atoms with van der Waals surface area (Å²) in [6.07, 6.45) is 1.31. The second-order valence-electron chi connectivity index (χ2n) is 5.06. The summed E-state index contributed by atoms with van der Waals surface area (Å²) >= 11 is 6.24. The number of piperidine rings is 1. The van der Waals surface area contributed by atoms with Crippen LogP contribution in [0, 0.1) is 11.8 Å². The number of benzene rings is 1. The molecule has 1 aliphatic rings. The average molecular weight is 239 g/mol. The zero-order chi connectivity index (χ0) is 11.7. The van der Waals surface area contributed by atoms with Gasteiger partial charge in [0.05, 0.1) is 10.7 Å². The number of nitrogens with zero attached hydrogens (tertiary/aromatic N) is 1. The van der Waals surface area contributed by atoms with Gasteiger partial charge in [0.2, 0.25) is 0 Å². The zero-order valence-corrected chi connectivity index (χ0v) is 10.7. The maximum absolute atomic E-state index is 6.24. The largest absolute Gasteiger partial charge is 0.399 e. The number of hydrogen-bond acceptors (Lipinski definition) is 2. The molecule has 0 radical (unpaired) electrons. The van der Waals surface area contributed by atoms with E-state index in [0.717, 1.165) is 41.3 Å². The molecule has 16 heavy (non-hydrogen) atoms. The number of nitrogen functional groups attached to an aromatic ring is 1. The van der Waals surface area contributed by atoms with Crippen molar-refractivity contribution in [1.82, 2.24) is 0 Å². The minimum Gasteiger partial charge on any atom is -0.399 e. The van der Waals surface area contributed by atoms with E-state index in [4.69, 9.17) is 17.3 Å². The van der Waals surface area contributed by atoms with E-state index in [-0.39, 0.29) is 0 Å². The summed E-state index contributed by atoms with van der Waals surface area (Å²) in [7, 11) is 0. The molecule has 1 saturated heterocycles. The number of halogens is 1. The Bertz CT molecular complexity index is 368. The summed E-state index contributed by atoms with van der Waals surface area (Å²) in [4.78, 5) is 2.38. The van der Waals surface area contributed by atoms with E-state index in [1.807, 2.05) is 18.2 Å². The highest BCUT2D eigenvalue weighted by Gasteiger charge is 2.23. The summed E-state index contributed by atoms with van der Waals surface area (Å²) in [5.41, 5.74) is 7.56. The molecule has 88 valence electrons. The third-order valence-corrected chi connectivity index (χ3v) is 3.48. The van der Waals surface area contributed by atoms with Crippen molar-refractivity contribution in [1.29, 1.82) is 0 Å². The third kappa shape index (κ3) is 2.43. The van der Waals surface area contributed by atoms with Crippen LogP contribution in [0.5, 0.6) is 0 Å². The van der Waals surface area contributed by atoms with Gasteiger partial charge in [-0.1, -0.05) is 25.4 Å². The smallest absolute Gasteiger partial charge is 0.0660 e. The maximum Gasteiger partial charge on any atom is 0.0660 e. The van der Waals surface area contributed by atoms with Crippen LogP contribution in [0.4, 0.5) is 11.4 Å². The monoisotopic (exact) mass is 238 g/mol. The van der Waals surface area contributed by atoms with Gasteiger partial charge in [-0.2, -0.15) is 0 Å². The molecule has 0 unspecified atom stereocenters. The van der Waals surface area contributed by atoms with Gasteiger partial charge in [0.15, 0.2) is 0 Å². The molecule has 0 bridgehead atoms. The molecular weight excluding hydrogens is 220 g/mol. The summed E-state index contributed by atoms with van der Waals surface area (Å²) in [5, 5.41) is 0.765. The van der Waals surface area contributed by atoms with Gasteiger partial charge in [-0.15, -0.1) is 0 Å². The Morgan fingerprint density at radius 3 is 2.44 bits per heavy atom. The fourth-order valence-electron chi connectivity index (χ4n) is 2.64. The third-order valence-electron chi connectivity index (χ3n) is 3.18. The van der Waals surface area contributed by atoms with Crippen LogP contribution in [0.3, 0.4) is 0 Å². The first-order valence-electron chi connectivity index (χ1n) is 5.86. The Kier molecular flexibility index (Phi) is 3.29. The zero-order valence-electron chi connectivity index (χ0n) is 9.91. The van der Waals surface area contributed by atoms with E-state index in [1.54, 1.807) is 0 Å². The first kappa shape index (κ1) is 11.6. The van der Waals surface area contributed by atoms with E-state index < -0.39 is 0 Å². The molecule has 0 amide bonds. The normalized spacial score (nSPS) is 25.8. The molecule has 1 heterocycles.